The van der Waals surface area contributed by atoms with Crippen LogP contribution < -0.4 is 5.32 Å². The van der Waals surface area contributed by atoms with Crippen LogP contribution in [-0.2, 0) is 9.53 Å². The van der Waals surface area contributed by atoms with Crippen molar-refractivity contribution >= 4 is 18.1 Å². The highest BCUT2D eigenvalue weighted by molar-refractivity contribution is 5.88. The average Bonchev–Trinajstić information content (AvgIpc) is 2.18. The summed E-state index contributed by atoms with van der Waals surface area (Å²) >= 11 is 0. The molecule has 1 rings (SSSR count). The number of hydrogen-bond donors (Lipinski definition) is 1. The second-order valence-electron chi connectivity index (χ2n) is 2.18. The van der Waals surface area contributed by atoms with Crippen molar-refractivity contribution in [2.24, 2.45) is 0 Å². The van der Waals surface area contributed by atoms with Crippen LogP contribution in [0, 0.1) is 0 Å². The molecule has 0 bridgehead atoms. The zero-order chi connectivity index (χ0) is 9.68. The number of esters is 1. The van der Waals surface area contributed by atoms with E-state index in [1.165, 1.54) is 19.4 Å². The van der Waals surface area contributed by atoms with Gasteiger partial charge in [-0.15, -0.1) is 0 Å². The highest BCUT2D eigenvalue weighted by atomic mass is 16.5. The van der Waals surface area contributed by atoms with Crippen LogP contribution in [0.3, 0.4) is 0 Å². The molecule has 0 aromatic carbocycles. The topological polar surface area (TPSA) is 68.3 Å². The lowest BCUT2D eigenvalue weighted by molar-refractivity contribution is -0.105. The maximum absolute atomic E-state index is 11.0. The maximum atomic E-state index is 11.0. The minimum absolute atomic E-state index is 0.161. The van der Waals surface area contributed by atoms with Gasteiger partial charge in [-0.25, -0.2) is 9.78 Å². The maximum Gasteiger partial charge on any atom is 0.356 e. The molecule has 0 aliphatic rings. The summed E-state index contributed by atoms with van der Waals surface area (Å²) < 4.78 is 4.45. The third-order valence-corrected chi connectivity index (χ3v) is 1.38. The van der Waals surface area contributed by atoms with Crippen LogP contribution in [0.5, 0.6) is 0 Å². The van der Waals surface area contributed by atoms with Crippen molar-refractivity contribution in [3.8, 4) is 0 Å². The molecule has 0 saturated carbocycles. The quantitative estimate of drug-likeness (QED) is 0.541. The fourth-order valence-corrected chi connectivity index (χ4v) is 0.805. The van der Waals surface area contributed by atoms with E-state index < -0.39 is 5.97 Å². The second kappa shape index (κ2) is 4.20. The van der Waals surface area contributed by atoms with Crippen molar-refractivity contribution in [2.75, 3.05) is 12.4 Å². The van der Waals surface area contributed by atoms with E-state index in [0.717, 1.165) is 0 Å². The molecule has 0 atom stereocenters. The van der Waals surface area contributed by atoms with Gasteiger partial charge in [0.05, 0.1) is 7.11 Å². The summed E-state index contributed by atoms with van der Waals surface area (Å²) in [4.78, 5) is 24.8. The number of carbonyl (C=O) groups excluding carboxylic acids is 2. The summed E-state index contributed by atoms with van der Waals surface area (Å²) in [5.41, 5.74) is 0.666. The number of pyridine rings is 1. The lowest BCUT2D eigenvalue weighted by Gasteiger charge is -2.00. The van der Waals surface area contributed by atoms with E-state index in [2.05, 4.69) is 15.0 Å². The van der Waals surface area contributed by atoms with Crippen LogP contribution >= 0.6 is 0 Å². The molecule has 5 heteroatoms. The molecule has 1 amide bonds. The number of methoxy groups -OCH3 is 1. The number of ether oxygens (including phenoxy) is 1. The van der Waals surface area contributed by atoms with Crippen molar-refractivity contribution in [1.29, 1.82) is 0 Å². The second-order valence-corrected chi connectivity index (χ2v) is 2.18. The number of amides is 1. The van der Waals surface area contributed by atoms with E-state index in [9.17, 15) is 9.59 Å². The third kappa shape index (κ3) is 2.26. The van der Waals surface area contributed by atoms with Crippen molar-refractivity contribution in [2.45, 2.75) is 0 Å². The van der Waals surface area contributed by atoms with Gasteiger partial charge in [0.25, 0.3) is 0 Å². The fraction of sp³-hybridized carbons (Fsp3) is 0.125. The van der Waals surface area contributed by atoms with Crippen LogP contribution in [0.1, 0.15) is 10.5 Å². The molecule has 0 unspecified atom stereocenters. The summed E-state index contributed by atoms with van der Waals surface area (Å²) in [6, 6.07) is 3.00. The zero-order valence-electron chi connectivity index (χ0n) is 6.98. The number of carbonyl (C=O) groups is 2. The van der Waals surface area contributed by atoms with Crippen molar-refractivity contribution < 1.29 is 14.3 Å². The predicted octanol–water partition coefficient (Wildman–Crippen LogP) is 0.436. The van der Waals surface area contributed by atoms with Gasteiger partial charge in [0.15, 0.2) is 0 Å². The SMILES string of the molecule is COC(=O)c1cc(NC=O)ccn1. The van der Waals surface area contributed by atoms with Gasteiger partial charge in [-0.05, 0) is 12.1 Å². The molecule has 1 N–H and O–H groups in total. The smallest absolute Gasteiger partial charge is 0.356 e. The lowest BCUT2D eigenvalue weighted by atomic mass is 10.3. The predicted molar refractivity (Wildman–Crippen MR) is 45.3 cm³/mol. The number of nitrogens with zero attached hydrogens (tertiary/aromatic N) is 1. The third-order valence-electron chi connectivity index (χ3n) is 1.38. The van der Waals surface area contributed by atoms with Gasteiger partial charge in [0, 0.05) is 11.9 Å². The Balaban J connectivity index is 2.90. The van der Waals surface area contributed by atoms with Crippen molar-refractivity contribution in [3.05, 3.63) is 24.0 Å². The first-order chi connectivity index (χ1) is 6.27. The lowest BCUT2D eigenvalue weighted by Crippen LogP contribution is -2.05. The van der Waals surface area contributed by atoms with Gasteiger partial charge in [0.1, 0.15) is 5.69 Å². The van der Waals surface area contributed by atoms with Gasteiger partial charge in [-0.1, -0.05) is 0 Å². The molecule has 0 saturated heterocycles. The number of aromatic nitrogens is 1. The molecule has 5 nitrogen and oxygen atoms in total. The van der Waals surface area contributed by atoms with Gasteiger partial charge in [-0.2, -0.15) is 0 Å². The van der Waals surface area contributed by atoms with E-state index in [1.54, 1.807) is 6.07 Å². The molecule has 0 radical (unpaired) electrons. The Labute approximate surface area is 74.7 Å². The van der Waals surface area contributed by atoms with Crippen molar-refractivity contribution in [1.82, 2.24) is 4.98 Å². The summed E-state index contributed by atoms with van der Waals surface area (Å²) in [5.74, 6) is -0.533. The molecule has 0 aliphatic heterocycles. The first-order valence-corrected chi connectivity index (χ1v) is 3.52. The van der Waals surface area contributed by atoms with Crippen LogP contribution in [0.2, 0.25) is 0 Å². The van der Waals surface area contributed by atoms with E-state index in [-0.39, 0.29) is 5.69 Å². The summed E-state index contributed by atoms with van der Waals surface area (Å²) in [7, 11) is 1.27. The number of hydrogen-bond acceptors (Lipinski definition) is 4. The highest BCUT2D eigenvalue weighted by Crippen LogP contribution is 2.07. The number of anilines is 1. The Morgan fingerprint density at radius 2 is 2.46 bits per heavy atom. The number of nitrogens with one attached hydrogen (secondary N) is 1. The van der Waals surface area contributed by atoms with Gasteiger partial charge in [-0.3, -0.25) is 4.79 Å². The monoisotopic (exact) mass is 180 g/mol. The standard InChI is InChI=1S/C8H8N2O3/c1-13-8(12)7-4-6(10-5-11)2-3-9-7/h2-5H,1H3,(H,9,10,11). The minimum atomic E-state index is -0.533. The highest BCUT2D eigenvalue weighted by Gasteiger charge is 2.06. The molecule has 68 valence electrons. The molecule has 1 heterocycles. The zero-order valence-corrected chi connectivity index (χ0v) is 6.98. The molecular formula is C8H8N2O3. The largest absolute Gasteiger partial charge is 0.464 e. The molecule has 13 heavy (non-hydrogen) atoms. The summed E-state index contributed by atoms with van der Waals surface area (Å²) in [6.45, 7) is 0. The van der Waals surface area contributed by atoms with Gasteiger partial charge < -0.3 is 10.1 Å². The van der Waals surface area contributed by atoms with Gasteiger partial charge >= 0.3 is 5.97 Å². The Morgan fingerprint density at radius 3 is 3.08 bits per heavy atom. The average molecular weight is 180 g/mol. The Kier molecular flexibility index (Phi) is 2.97. The minimum Gasteiger partial charge on any atom is -0.464 e. The first kappa shape index (κ1) is 9.18. The fourth-order valence-electron chi connectivity index (χ4n) is 0.805. The number of rotatable bonds is 3. The molecule has 1 aromatic rings. The summed E-state index contributed by atoms with van der Waals surface area (Å²) in [6.07, 6.45) is 1.94. The Morgan fingerprint density at radius 1 is 1.69 bits per heavy atom. The van der Waals surface area contributed by atoms with Crippen LogP contribution in [0.15, 0.2) is 18.3 Å². The normalized spacial score (nSPS) is 9.00. The van der Waals surface area contributed by atoms with Crippen LogP contribution in [-0.4, -0.2) is 24.5 Å². The van der Waals surface area contributed by atoms with E-state index in [4.69, 9.17) is 0 Å². The summed E-state index contributed by atoms with van der Waals surface area (Å²) in [5, 5.41) is 2.40. The molecule has 0 aliphatic carbocycles. The Hall–Kier alpha value is -1.91. The van der Waals surface area contributed by atoms with Crippen LogP contribution in [0.25, 0.3) is 0 Å². The molecular weight excluding hydrogens is 172 g/mol. The molecule has 0 fully saturated rings. The Bertz CT molecular complexity index is 325. The molecule has 1 aromatic heterocycles. The van der Waals surface area contributed by atoms with E-state index in [0.29, 0.717) is 12.1 Å². The first-order valence-electron chi connectivity index (χ1n) is 3.52. The van der Waals surface area contributed by atoms with Gasteiger partial charge in [0.2, 0.25) is 6.41 Å². The molecule has 0 spiro atoms. The van der Waals surface area contributed by atoms with E-state index >= 15 is 0 Å². The van der Waals surface area contributed by atoms with Crippen molar-refractivity contribution in [3.63, 3.8) is 0 Å². The van der Waals surface area contributed by atoms with E-state index in [1.807, 2.05) is 0 Å². The van der Waals surface area contributed by atoms with Crippen LogP contribution in [0.4, 0.5) is 5.69 Å².